The SMILES string of the molecule is C=C[C]([Ti])=CC. The Kier molecular flexibility index (Phi) is 3.50. The van der Waals surface area contributed by atoms with Gasteiger partial charge < -0.3 is 0 Å². The van der Waals surface area contributed by atoms with Gasteiger partial charge in [0.2, 0.25) is 0 Å². The maximum absolute atomic E-state index is 3.56. The number of allylic oxidation sites excluding steroid dienone is 3. The average Bonchev–Trinajstić information content (AvgIpc) is 1.65. The Balaban J connectivity index is 3.50. The van der Waals surface area contributed by atoms with Crippen molar-refractivity contribution in [2.45, 2.75) is 6.92 Å². The molecule has 0 heterocycles. The summed E-state index contributed by atoms with van der Waals surface area (Å²) < 4.78 is 1.23. The van der Waals surface area contributed by atoms with Crippen LogP contribution < -0.4 is 0 Å². The molecule has 0 aromatic carbocycles. The molecule has 0 saturated carbocycles. The molecule has 0 aliphatic rings. The van der Waals surface area contributed by atoms with Crippen molar-refractivity contribution >= 4 is 0 Å². The van der Waals surface area contributed by atoms with Crippen LogP contribution in [0.1, 0.15) is 6.92 Å². The maximum atomic E-state index is 3.56. The molecule has 0 radical (unpaired) electrons. The van der Waals surface area contributed by atoms with Gasteiger partial charge in [-0.1, -0.05) is 0 Å². The van der Waals surface area contributed by atoms with Crippen LogP contribution in [0.5, 0.6) is 0 Å². The van der Waals surface area contributed by atoms with Crippen LogP contribution in [0.15, 0.2) is 22.6 Å². The topological polar surface area (TPSA) is 0 Å². The van der Waals surface area contributed by atoms with E-state index in [9.17, 15) is 0 Å². The summed E-state index contributed by atoms with van der Waals surface area (Å²) in [5, 5.41) is 0. The molecule has 0 bridgehead atoms. The summed E-state index contributed by atoms with van der Waals surface area (Å²) in [6.07, 6.45) is 3.85. The number of hydrogen-bond donors (Lipinski definition) is 0. The van der Waals surface area contributed by atoms with Gasteiger partial charge in [0.25, 0.3) is 0 Å². The molecule has 6 heavy (non-hydrogen) atoms. The molecular weight excluding hydrogens is 108 g/mol. The molecule has 0 aliphatic carbocycles. The summed E-state index contributed by atoms with van der Waals surface area (Å²) in [5.74, 6) is 0. The molecule has 0 spiro atoms. The Morgan fingerprint density at radius 3 is 2.33 bits per heavy atom. The van der Waals surface area contributed by atoms with Gasteiger partial charge in [-0.3, -0.25) is 0 Å². The van der Waals surface area contributed by atoms with Crippen LogP contribution in [0.25, 0.3) is 0 Å². The summed E-state index contributed by atoms with van der Waals surface area (Å²) in [6, 6.07) is 0. The summed E-state index contributed by atoms with van der Waals surface area (Å²) >= 11 is 2.02. The van der Waals surface area contributed by atoms with Crippen molar-refractivity contribution in [3.63, 3.8) is 0 Å². The minimum atomic E-state index is 1.23. The molecule has 1 heteroatoms. The van der Waals surface area contributed by atoms with Gasteiger partial charge in [0.1, 0.15) is 0 Å². The molecule has 0 unspecified atom stereocenters. The van der Waals surface area contributed by atoms with E-state index < -0.39 is 0 Å². The van der Waals surface area contributed by atoms with Gasteiger partial charge in [0.05, 0.1) is 0 Å². The van der Waals surface area contributed by atoms with Crippen LogP contribution in [0.2, 0.25) is 0 Å². The molecule has 31 valence electrons. The second-order valence-corrected chi connectivity index (χ2v) is 1.85. The molecule has 0 amide bonds. The number of rotatable bonds is 1. The van der Waals surface area contributed by atoms with Crippen molar-refractivity contribution in [2.75, 3.05) is 0 Å². The average molecular weight is 115 g/mol. The Morgan fingerprint density at radius 2 is 2.33 bits per heavy atom. The van der Waals surface area contributed by atoms with Gasteiger partial charge >= 0.3 is 50.0 Å². The zero-order chi connectivity index (χ0) is 4.99. The first-order chi connectivity index (χ1) is 2.81. The third-order valence-corrected chi connectivity index (χ3v) is 1.30. The third-order valence-electron chi connectivity index (χ3n) is 0.531. The van der Waals surface area contributed by atoms with Crippen molar-refractivity contribution in [2.24, 2.45) is 0 Å². The molecule has 0 N–H and O–H groups in total. The van der Waals surface area contributed by atoms with Crippen molar-refractivity contribution in [1.82, 2.24) is 0 Å². The normalized spacial score (nSPS) is 11.0. The summed E-state index contributed by atoms with van der Waals surface area (Å²) in [5.41, 5.74) is 0. The summed E-state index contributed by atoms with van der Waals surface area (Å²) in [6.45, 7) is 5.56. The van der Waals surface area contributed by atoms with Crippen molar-refractivity contribution in [1.29, 1.82) is 0 Å². The van der Waals surface area contributed by atoms with Crippen molar-refractivity contribution < 1.29 is 20.4 Å². The van der Waals surface area contributed by atoms with E-state index in [1.807, 2.05) is 39.5 Å². The quantitative estimate of drug-likeness (QED) is 0.359. The van der Waals surface area contributed by atoms with Crippen LogP contribution in [-0.2, 0) is 20.4 Å². The van der Waals surface area contributed by atoms with Crippen molar-refractivity contribution in [3.05, 3.63) is 22.6 Å². The molecule has 0 rings (SSSR count). The first kappa shape index (κ1) is 6.19. The molecule has 0 fully saturated rings. The van der Waals surface area contributed by atoms with E-state index in [2.05, 4.69) is 6.58 Å². The van der Waals surface area contributed by atoms with Gasteiger partial charge in [-0.25, -0.2) is 0 Å². The second kappa shape index (κ2) is 3.39. The Morgan fingerprint density at radius 1 is 1.83 bits per heavy atom. The van der Waals surface area contributed by atoms with Crippen molar-refractivity contribution in [3.8, 4) is 0 Å². The van der Waals surface area contributed by atoms with Crippen LogP contribution in [0, 0.1) is 0 Å². The number of hydrogen-bond acceptors (Lipinski definition) is 0. The molecule has 0 atom stereocenters. The molecule has 0 aliphatic heterocycles. The predicted octanol–water partition coefficient (Wildman–Crippen LogP) is 1.62. The fourth-order valence-electron chi connectivity index (χ4n) is 0.118. The fraction of sp³-hybridized carbons (Fsp3) is 0.200. The van der Waals surface area contributed by atoms with E-state index in [1.165, 1.54) is 3.88 Å². The minimum absolute atomic E-state index is 1.23. The van der Waals surface area contributed by atoms with Gasteiger partial charge in [-0.2, -0.15) is 0 Å². The first-order valence-electron chi connectivity index (χ1n) is 1.81. The van der Waals surface area contributed by atoms with E-state index in [4.69, 9.17) is 0 Å². The predicted molar refractivity (Wildman–Crippen MR) is 24.0 cm³/mol. The van der Waals surface area contributed by atoms with Crippen LogP contribution >= 0.6 is 0 Å². The standard InChI is InChI=1S/C5H7.Ti/c1-3-5-4-2;/h3-4H,1H2,2H3;. The van der Waals surface area contributed by atoms with Crippen LogP contribution in [-0.4, -0.2) is 0 Å². The Hall–Kier alpha value is 0.194. The molecule has 0 saturated heterocycles. The van der Waals surface area contributed by atoms with E-state index >= 15 is 0 Å². The molecule has 0 aromatic rings. The molecule has 0 nitrogen and oxygen atoms in total. The van der Waals surface area contributed by atoms with Gasteiger partial charge in [0.15, 0.2) is 0 Å². The molecular formula is C5H7Ti. The van der Waals surface area contributed by atoms with E-state index in [0.29, 0.717) is 0 Å². The monoisotopic (exact) mass is 115 g/mol. The van der Waals surface area contributed by atoms with Gasteiger partial charge in [-0.15, -0.1) is 0 Å². The fourth-order valence-corrected chi connectivity index (χ4v) is 0.118. The zero-order valence-corrected chi connectivity index (χ0v) is 5.42. The van der Waals surface area contributed by atoms with Gasteiger partial charge in [-0.05, 0) is 0 Å². The van der Waals surface area contributed by atoms with E-state index in [-0.39, 0.29) is 0 Å². The summed E-state index contributed by atoms with van der Waals surface area (Å²) in [7, 11) is 0. The Labute approximate surface area is 50.3 Å². The van der Waals surface area contributed by atoms with Crippen LogP contribution in [0.3, 0.4) is 0 Å². The molecule has 0 aromatic heterocycles. The van der Waals surface area contributed by atoms with Gasteiger partial charge in [0, 0.05) is 0 Å². The Bertz CT molecular complexity index is 72.0. The van der Waals surface area contributed by atoms with E-state index in [1.54, 1.807) is 0 Å². The van der Waals surface area contributed by atoms with Crippen LogP contribution in [0.4, 0.5) is 0 Å². The summed E-state index contributed by atoms with van der Waals surface area (Å²) in [4.78, 5) is 0. The third kappa shape index (κ3) is 2.43. The first-order valence-corrected chi connectivity index (χ1v) is 2.59. The second-order valence-electron chi connectivity index (χ2n) is 0.948. The zero-order valence-electron chi connectivity index (χ0n) is 3.86. The van der Waals surface area contributed by atoms with E-state index in [0.717, 1.165) is 0 Å².